The van der Waals surface area contributed by atoms with Crippen LogP contribution in [0.15, 0.2) is 0 Å². The number of hydrogen-bond acceptors (Lipinski definition) is 2. The van der Waals surface area contributed by atoms with Crippen molar-refractivity contribution in [1.82, 2.24) is 5.32 Å². The standard InChI is InChI=1S/C8H17NS/c1-8(2,3)7-6-10-5-4-9-7/h7,9H,4-6H2,1-3H3/t7-/m1/s1. The van der Waals surface area contributed by atoms with E-state index >= 15 is 0 Å². The minimum absolute atomic E-state index is 0.438. The van der Waals surface area contributed by atoms with Crippen molar-refractivity contribution in [2.24, 2.45) is 5.41 Å². The van der Waals surface area contributed by atoms with Crippen molar-refractivity contribution in [3.8, 4) is 0 Å². The van der Waals surface area contributed by atoms with E-state index in [4.69, 9.17) is 0 Å². The Morgan fingerprint density at radius 1 is 1.40 bits per heavy atom. The molecule has 1 N–H and O–H groups in total. The highest BCUT2D eigenvalue weighted by Crippen LogP contribution is 2.24. The first kappa shape index (κ1) is 8.41. The third-order valence-electron chi connectivity index (χ3n) is 1.97. The van der Waals surface area contributed by atoms with Crippen molar-refractivity contribution in [3.63, 3.8) is 0 Å². The average molecular weight is 159 g/mol. The van der Waals surface area contributed by atoms with Gasteiger partial charge in [-0.15, -0.1) is 0 Å². The maximum Gasteiger partial charge on any atom is 0.0207 e. The molecule has 0 aromatic carbocycles. The van der Waals surface area contributed by atoms with E-state index in [1.807, 2.05) is 0 Å². The highest BCUT2D eigenvalue weighted by molar-refractivity contribution is 7.99. The Morgan fingerprint density at radius 3 is 2.40 bits per heavy atom. The van der Waals surface area contributed by atoms with Gasteiger partial charge in [-0.25, -0.2) is 0 Å². The van der Waals surface area contributed by atoms with E-state index in [1.165, 1.54) is 18.1 Å². The van der Waals surface area contributed by atoms with Gasteiger partial charge in [-0.05, 0) is 5.41 Å². The summed E-state index contributed by atoms with van der Waals surface area (Å²) in [6.07, 6.45) is 0. The summed E-state index contributed by atoms with van der Waals surface area (Å²) in [6.45, 7) is 8.09. The third-order valence-corrected chi connectivity index (χ3v) is 3.03. The van der Waals surface area contributed by atoms with Crippen molar-refractivity contribution >= 4 is 11.8 Å². The smallest absolute Gasteiger partial charge is 0.0207 e. The summed E-state index contributed by atoms with van der Waals surface area (Å²) in [6, 6.07) is 0.714. The van der Waals surface area contributed by atoms with Gasteiger partial charge in [0.25, 0.3) is 0 Å². The Kier molecular flexibility index (Phi) is 2.64. The molecule has 1 nitrogen and oxygen atoms in total. The van der Waals surface area contributed by atoms with Crippen molar-refractivity contribution in [3.05, 3.63) is 0 Å². The number of rotatable bonds is 0. The van der Waals surface area contributed by atoms with Gasteiger partial charge in [0.05, 0.1) is 0 Å². The monoisotopic (exact) mass is 159 g/mol. The minimum Gasteiger partial charge on any atom is -0.312 e. The molecule has 0 aromatic heterocycles. The van der Waals surface area contributed by atoms with Gasteiger partial charge in [-0.2, -0.15) is 11.8 Å². The molecule has 10 heavy (non-hydrogen) atoms. The maximum atomic E-state index is 3.54. The molecule has 1 fully saturated rings. The quantitative estimate of drug-likeness (QED) is 0.578. The SMILES string of the molecule is CC(C)(C)[C@H]1CSCCN1. The van der Waals surface area contributed by atoms with Gasteiger partial charge < -0.3 is 5.32 Å². The van der Waals surface area contributed by atoms with Gasteiger partial charge in [0, 0.05) is 24.1 Å². The minimum atomic E-state index is 0.438. The molecule has 0 spiro atoms. The molecular formula is C8H17NS. The molecule has 0 radical (unpaired) electrons. The largest absolute Gasteiger partial charge is 0.312 e. The van der Waals surface area contributed by atoms with E-state index in [0.717, 1.165) is 0 Å². The lowest BCUT2D eigenvalue weighted by molar-refractivity contribution is 0.292. The van der Waals surface area contributed by atoms with Crippen LogP contribution in [0.5, 0.6) is 0 Å². The second-order valence-electron chi connectivity index (χ2n) is 3.95. The van der Waals surface area contributed by atoms with Crippen LogP contribution in [0.3, 0.4) is 0 Å². The fourth-order valence-electron chi connectivity index (χ4n) is 1.12. The Labute approximate surface area is 68.0 Å². The molecule has 1 aliphatic rings. The maximum absolute atomic E-state index is 3.54. The van der Waals surface area contributed by atoms with E-state index in [2.05, 4.69) is 37.8 Å². The first-order valence-electron chi connectivity index (χ1n) is 3.92. The second kappa shape index (κ2) is 3.14. The first-order valence-corrected chi connectivity index (χ1v) is 5.07. The van der Waals surface area contributed by atoms with Crippen LogP contribution in [-0.2, 0) is 0 Å². The summed E-state index contributed by atoms with van der Waals surface area (Å²) in [5.41, 5.74) is 0.438. The zero-order chi connectivity index (χ0) is 7.61. The molecule has 0 aromatic rings. The van der Waals surface area contributed by atoms with Crippen LogP contribution in [0.1, 0.15) is 20.8 Å². The van der Waals surface area contributed by atoms with Crippen LogP contribution < -0.4 is 5.32 Å². The lowest BCUT2D eigenvalue weighted by atomic mass is 9.88. The molecule has 0 amide bonds. The highest BCUT2D eigenvalue weighted by Gasteiger charge is 2.25. The lowest BCUT2D eigenvalue weighted by Crippen LogP contribution is -2.46. The molecule has 0 aliphatic carbocycles. The number of nitrogens with one attached hydrogen (secondary N) is 1. The fraction of sp³-hybridized carbons (Fsp3) is 1.00. The Balaban J connectivity index is 2.39. The highest BCUT2D eigenvalue weighted by atomic mass is 32.2. The molecule has 1 heterocycles. The Bertz CT molecular complexity index is 100. The van der Waals surface area contributed by atoms with Crippen molar-refractivity contribution in [2.45, 2.75) is 26.8 Å². The van der Waals surface area contributed by atoms with E-state index in [-0.39, 0.29) is 0 Å². The second-order valence-corrected chi connectivity index (χ2v) is 5.10. The van der Waals surface area contributed by atoms with Gasteiger partial charge in [0.15, 0.2) is 0 Å². The van der Waals surface area contributed by atoms with Crippen molar-refractivity contribution in [1.29, 1.82) is 0 Å². The molecule has 0 saturated carbocycles. The van der Waals surface area contributed by atoms with E-state index in [1.54, 1.807) is 0 Å². The fourth-order valence-corrected chi connectivity index (χ4v) is 2.40. The predicted octanol–water partition coefficient (Wildman–Crippen LogP) is 1.74. The number of thioether (sulfide) groups is 1. The van der Waals surface area contributed by atoms with Crippen LogP contribution in [0.25, 0.3) is 0 Å². The topological polar surface area (TPSA) is 12.0 Å². The summed E-state index contributed by atoms with van der Waals surface area (Å²) >= 11 is 2.07. The zero-order valence-corrected chi connectivity index (χ0v) is 7.92. The van der Waals surface area contributed by atoms with Gasteiger partial charge in [-0.1, -0.05) is 20.8 Å². The molecule has 2 heteroatoms. The van der Waals surface area contributed by atoms with Crippen LogP contribution in [-0.4, -0.2) is 24.1 Å². The third kappa shape index (κ3) is 2.17. The van der Waals surface area contributed by atoms with Gasteiger partial charge in [0.2, 0.25) is 0 Å². The zero-order valence-electron chi connectivity index (χ0n) is 7.11. The van der Waals surface area contributed by atoms with Gasteiger partial charge in [-0.3, -0.25) is 0 Å². The van der Waals surface area contributed by atoms with Crippen LogP contribution in [0.4, 0.5) is 0 Å². The van der Waals surface area contributed by atoms with Crippen LogP contribution >= 0.6 is 11.8 Å². The predicted molar refractivity (Wildman–Crippen MR) is 48.6 cm³/mol. The summed E-state index contributed by atoms with van der Waals surface area (Å²) in [5, 5.41) is 3.54. The van der Waals surface area contributed by atoms with E-state index < -0.39 is 0 Å². The summed E-state index contributed by atoms with van der Waals surface area (Å²) in [5.74, 6) is 2.57. The lowest BCUT2D eigenvalue weighted by Gasteiger charge is -2.34. The molecule has 1 rings (SSSR count). The normalized spacial score (nSPS) is 28.5. The molecule has 1 atom stereocenters. The van der Waals surface area contributed by atoms with Gasteiger partial charge in [0.1, 0.15) is 0 Å². The molecule has 0 bridgehead atoms. The average Bonchev–Trinajstić information content (AvgIpc) is 1.88. The molecule has 1 aliphatic heterocycles. The summed E-state index contributed by atoms with van der Waals surface area (Å²) in [4.78, 5) is 0. The van der Waals surface area contributed by atoms with E-state index in [9.17, 15) is 0 Å². The first-order chi connectivity index (χ1) is 4.61. The van der Waals surface area contributed by atoms with Gasteiger partial charge >= 0.3 is 0 Å². The van der Waals surface area contributed by atoms with Crippen LogP contribution in [0.2, 0.25) is 0 Å². The molecule has 0 unspecified atom stereocenters. The van der Waals surface area contributed by atoms with Crippen molar-refractivity contribution < 1.29 is 0 Å². The Morgan fingerprint density at radius 2 is 2.10 bits per heavy atom. The Hall–Kier alpha value is 0.310. The van der Waals surface area contributed by atoms with Crippen LogP contribution in [0, 0.1) is 5.41 Å². The molecule has 60 valence electrons. The molecule has 1 saturated heterocycles. The summed E-state index contributed by atoms with van der Waals surface area (Å²) < 4.78 is 0. The summed E-state index contributed by atoms with van der Waals surface area (Å²) in [7, 11) is 0. The number of hydrogen-bond donors (Lipinski definition) is 1. The van der Waals surface area contributed by atoms with Crippen molar-refractivity contribution in [2.75, 3.05) is 18.1 Å². The molecular weight excluding hydrogens is 142 g/mol. The van der Waals surface area contributed by atoms with E-state index in [0.29, 0.717) is 11.5 Å².